The van der Waals surface area contributed by atoms with Gasteiger partial charge in [-0.25, -0.2) is 4.79 Å². The number of carbonyl (C=O) groups excluding carboxylic acids is 1. The number of benzene rings is 1. The summed E-state index contributed by atoms with van der Waals surface area (Å²) in [6, 6.07) is 8.97. The summed E-state index contributed by atoms with van der Waals surface area (Å²) in [5, 5.41) is 0. The molecular weight excluding hydrogens is 228 g/mol. The molecule has 1 unspecified atom stereocenters. The van der Waals surface area contributed by atoms with Gasteiger partial charge in [0, 0.05) is 0 Å². The molecule has 18 heavy (non-hydrogen) atoms. The second-order valence-corrected chi connectivity index (χ2v) is 5.38. The molecule has 1 aromatic rings. The van der Waals surface area contributed by atoms with Gasteiger partial charge >= 0.3 is 5.97 Å². The van der Waals surface area contributed by atoms with Crippen molar-refractivity contribution in [3.8, 4) is 0 Å². The molecule has 3 nitrogen and oxygen atoms in total. The lowest BCUT2D eigenvalue weighted by atomic mass is 9.90. The van der Waals surface area contributed by atoms with Crippen LogP contribution in [0.15, 0.2) is 30.3 Å². The van der Waals surface area contributed by atoms with Crippen LogP contribution in [0.25, 0.3) is 0 Å². The lowest BCUT2D eigenvalue weighted by Crippen LogP contribution is -2.27. The van der Waals surface area contributed by atoms with Crippen molar-refractivity contribution < 1.29 is 14.3 Å². The molecule has 1 atom stereocenters. The molecule has 0 aromatic heterocycles. The summed E-state index contributed by atoms with van der Waals surface area (Å²) in [5.41, 5.74) is 0.671. The zero-order chi connectivity index (χ0) is 13.6. The molecule has 0 aliphatic carbocycles. The van der Waals surface area contributed by atoms with Crippen LogP contribution in [0, 0.1) is 5.41 Å². The van der Waals surface area contributed by atoms with Gasteiger partial charge < -0.3 is 9.47 Å². The monoisotopic (exact) mass is 250 g/mol. The van der Waals surface area contributed by atoms with Gasteiger partial charge in [-0.15, -0.1) is 0 Å². The van der Waals surface area contributed by atoms with Crippen LogP contribution < -0.4 is 0 Å². The number of hydrogen-bond donors (Lipinski definition) is 0. The minimum atomic E-state index is -0.303. The molecule has 0 fully saturated rings. The lowest BCUT2D eigenvalue weighted by Gasteiger charge is -2.27. The lowest BCUT2D eigenvalue weighted by molar-refractivity contribution is -0.0270. The van der Waals surface area contributed by atoms with Crippen molar-refractivity contribution in [3.63, 3.8) is 0 Å². The highest BCUT2D eigenvalue weighted by atomic mass is 16.6. The Morgan fingerprint density at radius 2 is 1.78 bits per heavy atom. The van der Waals surface area contributed by atoms with E-state index in [1.807, 2.05) is 25.1 Å². The average molecular weight is 250 g/mol. The SMILES string of the molecule is CC(OCCOC(=O)c1ccccc1)C(C)(C)C. The van der Waals surface area contributed by atoms with Crippen molar-refractivity contribution in [1.82, 2.24) is 0 Å². The van der Waals surface area contributed by atoms with E-state index < -0.39 is 0 Å². The van der Waals surface area contributed by atoms with E-state index in [0.29, 0.717) is 12.2 Å². The van der Waals surface area contributed by atoms with Crippen LogP contribution in [0.4, 0.5) is 0 Å². The highest BCUT2D eigenvalue weighted by Gasteiger charge is 2.20. The summed E-state index contributed by atoms with van der Waals surface area (Å²) in [4.78, 5) is 11.6. The minimum absolute atomic E-state index is 0.101. The molecular formula is C15H22O3. The number of carbonyl (C=O) groups is 1. The summed E-state index contributed by atoms with van der Waals surface area (Å²) in [7, 11) is 0. The van der Waals surface area contributed by atoms with E-state index in [4.69, 9.17) is 9.47 Å². The Kier molecular flexibility index (Phi) is 5.35. The molecule has 0 aliphatic heterocycles. The van der Waals surface area contributed by atoms with Crippen molar-refractivity contribution in [1.29, 1.82) is 0 Å². The molecule has 3 heteroatoms. The van der Waals surface area contributed by atoms with Gasteiger partial charge in [0.1, 0.15) is 6.61 Å². The second-order valence-electron chi connectivity index (χ2n) is 5.38. The average Bonchev–Trinajstić information content (AvgIpc) is 2.34. The molecule has 100 valence electrons. The van der Waals surface area contributed by atoms with E-state index >= 15 is 0 Å². The predicted molar refractivity (Wildman–Crippen MR) is 71.6 cm³/mol. The summed E-state index contributed by atoms with van der Waals surface area (Å²) < 4.78 is 10.7. The largest absolute Gasteiger partial charge is 0.460 e. The summed E-state index contributed by atoms with van der Waals surface area (Å²) in [6.07, 6.45) is 0.132. The maximum atomic E-state index is 11.6. The van der Waals surface area contributed by atoms with Gasteiger partial charge in [-0.05, 0) is 24.5 Å². The van der Waals surface area contributed by atoms with E-state index in [1.165, 1.54) is 0 Å². The molecule has 0 saturated carbocycles. The Balaban J connectivity index is 2.25. The molecule has 1 aromatic carbocycles. The molecule has 0 bridgehead atoms. The molecule has 0 saturated heterocycles. The van der Waals surface area contributed by atoms with Crippen molar-refractivity contribution in [2.75, 3.05) is 13.2 Å². The van der Waals surface area contributed by atoms with E-state index in [2.05, 4.69) is 20.8 Å². The quantitative estimate of drug-likeness (QED) is 0.594. The van der Waals surface area contributed by atoms with Crippen molar-refractivity contribution in [3.05, 3.63) is 35.9 Å². The third kappa shape index (κ3) is 4.88. The van der Waals surface area contributed by atoms with Crippen LogP contribution in [-0.4, -0.2) is 25.3 Å². The van der Waals surface area contributed by atoms with E-state index in [1.54, 1.807) is 12.1 Å². The molecule has 0 radical (unpaired) electrons. The Morgan fingerprint density at radius 1 is 1.17 bits per heavy atom. The Bertz CT molecular complexity index is 365. The van der Waals surface area contributed by atoms with Gasteiger partial charge in [0.25, 0.3) is 0 Å². The standard InChI is InChI=1S/C15H22O3/c1-12(15(2,3)4)17-10-11-18-14(16)13-8-6-5-7-9-13/h5-9,12H,10-11H2,1-4H3. The van der Waals surface area contributed by atoms with Crippen molar-refractivity contribution >= 4 is 5.97 Å². The molecule has 0 N–H and O–H groups in total. The minimum Gasteiger partial charge on any atom is -0.460 e. The van der Waals surface area contributed by atoms with Crippen molar-refractivity contribution in [2.45, 2.75) is 33.8 Å². The van der Waals surface area contributed by atoms with Crippen LogP contribution >= 0.6 is 0 Å². The maximum Gasteiger partial charge on any atom is 0.338 e. The Labute approximate surface area is 109 Å². The number of rotatable bonds is 5. The van der Waals surface area contributed by atoms with Gasteiger partial charge in [0.05, 0.1) is 18.3 Å². The normalized spacial score (nSPS) is 13.1. The first-order valence-electron chi connectivity index (χ1n) is 6.25. The van der Waals surface area contributed by atoms with E-state index in [-0.39, 0.29) is 24.1 Å². The van der Waals surface area contributed by atoms with Crippen LogP contribution in [-0.2, 0) is 9.47 Å². The first-order chi connectivity index (χ1) is 8.41. The summed E-state index contributed by atoms with van der Waals surface area (Å²) in [6.45, 7) is 9.10. The zero-order valence-corrected chi connectivity index (χ0v) is 11.6. The first kappa shape index (κ1) is 14.7. The fourth-order valence-electron chi connectivity index (χ4n) is 1.27. The highest BCUT2D eigenvalue weighted by Crippen LogP contribution is 2.21. The van der Waals surface area contributed by atoms with Crippen LogP contribution in [0.3, 0.4) is 0 Å². The zero-order valence-electron chi connectivity index (χ0n) is 11.6. The van der Waals surface area contributed by atoms with E-state index in [0.717, 1.165) is 0 Å². The fourth-order valence-corrected chi connectivity index (χ4v) is 1.27. The molecule has 1 rings (SSSR count). The highest BCUT2D eigenvalue weighted by molar-refractivity contribution is 5.89. The van der Waals surface area contributed by atoms with Gasteiger partial charge in [0.15, 0.2) is 0 Å². The third-order valence-corrected chi connectivity index (χ3v) is 2.91. The molecule has 0 spiro atoms. The summed E-state index contributed by atoms with van der Waals surface area (Å²) >= 11 is 0. The molecule has 0 heterocycles. The topological polar surface area (TPSA) is 35.5 Å². The molecule has 0 amide bonds. The third-order valence-electron chi connectivity index (χ3n) is 2.91. The Hall–Kier alpha value is -1.35. The first-order valence-corrected chi connectivity index (χ1v) is 6.25. The number of esters is 1. The van der Waals surface area contributed by atoms with Gasteiger partial charge in [-0.1, -0.05) is 39.0 Å². The number of ether oxygens (including phenoxy) is 2. The molecule has 0 aliphatic rings. The van der Waals surface area contributed by atoms with Gasteiger partial charge in [-0.2, -0.15) is 0 Å². The van der Waals surface area contributed by atoms with E-state index in [9.17, 15) is 4.79 Å². The van der Waals surface area contributed by atoms with Gasteiger partial charge in [0.2, 0.25) is 0 Å². The van der Waals surface area contributed by atoms with Crippen LogP contribution in [0.5, 0.6) is 0 Å². The fraction of sp³-hybridized carbons (Fsp3) is 0.533. The Morgan fingerprint density at radius 3 is 2.33 bits per heavy atom. The smallest absolute Gasteiger partial charge is 0.338 e. The second kappa shape index (κ2) is 6.55. The predicted octanol–water partition coefficient (Wildman–Crippen LogP) is 3.29. The summed E-state index contributed by atoms with van der Waals surface area (Å²) in [5.74, 6) is -0.303. The van der Waals surface area contributed by atoms with Crippen LogP contribution in [0.1, 0.15) is 38.1 Å². The van der Waals surface area contributed by atoms with Gasteiger partial charge in [-0.3, -0.25) is 0 Å². The van der Waals surface area contributed by atoms with Crippen molar-refractivity contribution in [2.24, 2.45) is 5.41 Å². The maximum absolute atomic E-state index is 11.6. The van der Waals surface area contributed by atoms with Crippen LogP contribution in [0.2, 0.25) is 0 Å². The number of hydrogen-bond acceptors (Lipinski definition) is 3.